The molecule has 1 fully saturated rings. The number of azide groups is 3. The molecule has 0 aliphatic carbocycles. The van der Waals surface area contributed by atoms with Crippen LogP contribution in [-0.4, -0.2) is 38.5 Å². The molecule has 1 heterocycles. The molecule has 1 aliphatic heterocycles. The van der Waals surface area contributed by atoms with Crippen LogP contribution >= 0.6 is 0 Å². The van der Waals surface area contributed by atoms with Crippen LogP contribution in [0.2, 0.25) is 0 Å². The third-order valence-corrected chi connectivity index (χ3v) is 3.19. The maximum absolute atomic E-state index is 8.28. The lowest BCUT2D eigenvalue weighted by Gasteiger charge is -2.36. The highest BCUT2D eigenvalue weighted by Crippen LogP contribution is 2.24. The number of hydrogen-bond acceptors (Lipinski definition) is 6. The van der Waals surface area contributed by atoms with Gasteiger partial charge >= 0.3 is 0 Å². The molecule has 0 aromatic heterocycles. The molecule has 24 heavy (non-hydrogen) atoms. The second kappa shape index (κ2) is 13.3. The van der Waals surface area contributed by atoms with Crippen molar-refractivity contribution in [3.05, 3.63) is 31.3 Å². The Morgan fingerprint density at radius 1 is 0.583 bits per heavy atom. The molecule has 0 aromatic rings. The van der Waals surface area contributed by atoms with Crippen LogP contribution in [-0.2, 0) is 14.2 Å². The standard InChI is InChI=1S/C12H21N9O3/c13-19-16-7-1-4-10-22-11(5-2-8-17-20-14)24-12(23-10)6-3-9-18-21-15/h10-12H,1-9H2. The number of hydrogen-bond donors (Lipinski definition) is 0. The smallest absolute Gasteiger partial charge is 0.163 e. The van der Waals surface area contributed by atoms with Crippen LogP contribution in [0.5, 0.6) is 0 Å². The third kappa shape index (κ3) is 9.06. The van der Waals surface area contributed by atoms with Gasteiger partial charge in [0.1, 0.15) is 0 Å². The van der Waals surface area contributed by atoms with Crippen molar-refractivity contribution < 1.29 is 14.2 Å². The molecule has 0 saturated carbocycles. The van der Waals surface area contributed by atoms with E-state index in [4.69, 9.17) is 30.8 Å². The Bertz CT molecular complexity index is 421. The molecule has 1 rings (SSSR count). The third-order valence-electron chi connectivity index (χ3n) is 3.19. The van der Waals surface area contributed by atoms with Crippen molar-refractivity contribution in [3.63, 3.8) is 0 Å². The monoisotopic (exact) mass is 339 g/mol. The number of rotatable bonds is 12. The summed E-state index contributed by atoms with van der Waals surface area (Å²) >= 11 is 0. The SMILES string of the molecule is [N-]=[N+]=NCCCC1OC(CCCN=[N+]=[N-])OC(CCCN=[N+]=[N-])O1. The maximum Gasteiger partial charge on any atom is 0.163 e. The average molecular weight is 339 g/mol. The first kappa shape index (κ1) is 19.9. The normalized spacial score (nSPS) is 22.8. The van der Waals surface area contributed by atoms with E-state index in [9.17, 15) is 0 Å². The first-order valence-corrected chi connectivity index (χ1v) is 7.79. The second-order valence-electron chi connectivity index (χ2n) is 4.99. The Morgan fingerprint density at radius 3 is 1.12 bits per heavy atom. The van der Waals surface area contributed by atoms with Gasteiger partial charge in [0, 0.05) is 34.4 Å². The molecule has 0 radical (unpaired) electrons. The maximum atomic E-state index is 8.28. The fraction of sp³-hybridized carbons (Fsp3) is 1.00. The summed E-state index contributed by atoms with van der Waals surface area (Å²) in [6.45, 7) is 1.14. The fourth-order valence-corrected chi connectivity index (χ4v) is 2.13. The average Bonchev–Trinajstić information content (AvgIpc) is 2.59. The highest BCUT2D eigenvalue weighted by atomic mass is 16.9. The zero-order chi connectivity index (χ0) is 17.5. The predicted molar refractivity (Wildman–Crippen MR) is 84.4 cm³/mol. The van der Waals surface area contributed by atoms with Crippen LogP contribution in [0.3, 0.4) is 0 Å². The lowest BCUT2D eigenvalue weighted by Crippen LogP contribution is -2.40. The summed E-state index contributed by atoms with van der Waals surface area (Å²) < 4.78 is 17.1. The van der Waals surface area contributed by atoms with Gasteiger partial charge in [-0.25, -0.2) is 0 Å². The van der Waals surface area contributed by atoms with E-state index in [2.05, 4.69) is 30.1 Å². The molecule has 0 atom stereocenters. The molecule has 1 saturated heterocycles. The van der Waals surface area contributed by atoms with Gasteiger partial charge in [-0.3, -0.25) is 0 Å². The first-order chi connectivity index (χ1) is 11.8. The van der Waals surface area contributed by atoms with E-state index in [0.717, 1.165) is 0 Å². The quantitative estimate of drug-likeness (QED) is 0.223. The molecule has 0 aromatic carbocycles. The van der Waals surface area contributed by atoms with Crippen LogP contribution in [0.1, 0.15) is 38.5 Å². The highest BCUT2D eigenvalue weighted by Gasteiger charge is 2.29. The van der Waals surface area contributed by atoms with E-state index >= 15 is 0 Å². The van der Waals surface area contributed by atoms with Crippen molar-refractivity contribution in [2.75, 3.05) is 19.6 Å². The Morgan fingerprint density at radius 2 is 0.875 bits per heavy atom. The topological polar surface area (TPSA) is 174 Å². The largest absolute Gasteiger partial charge is 0.324 e. The van der Waals surface area contributed by atoms with Crippen LogP contribution in [0.15, 0.2) is 15.3 Å². The van der Waals surface area contributed by atoms with Gasteiger partial charge in [-0.05, 0) is 55.1 Å². The first-order valence-electron chi connectivity index (χ1n) is 7.79. The Balaban J connectivity index is 2.45. The van der Waals surface area contributed by atoms with Crippen molar-refractivity contribution in [3.8, 4) is 0 Å². The lowest BCUT2D eigenvalue weighted by atomic mass is 10.2. The Hall–Kier alpha value is -2.19. The highest BCUT2D eigenvalue weighted by molar-refractivity contribution is 4.63. The van der Waals surface area contributed by atoms with Crippen molar-refractivity contribution in [1.82, 2.24) is 0 Å². The molecule has 132 valence electrons. The molecule has 12 heteroatoms. The summed E-state index contributed by atoms with van der Waals surface area (Å²) in [4.78, 5) is 8.11. The van der Waals surface area contributed by atoms with Gasteiger partial charge in [0.05, 0.1) is 0 Å². The van der Waals surface area contributed by atoms with Crippen molar-refractivity contribution in [2.45, 2.75) is 57.4 Å². The summed E-state index contributed by atoms with van der Waals surface area (Å²) in [6.07, 6.45) is 2.36. The van der Waals surface area contributed by atoms with Crippen LogP contribution < -0.4 is 0 Å². The second-order valence-corrected chi connectivity index (χ2v) is 4.99. The zero-order valence-corrected chi connectivity index (χ0v) is 13.3. The van der Waals surface area contributed by atoms with Crippen LogP contribution in [0.4, 0.5) is 0 Å². The molecule has 0 N–H and O–H groups in total. The van der Waals surface area contributed by atoms with Gasteiger partial charge < -0.3 is 14.2 Å². The van der Waals surface area contributed by atoms with Gasteiger partial charge in [0.2, 0.25) is 0 Å². The molecule has 0 spiro atoms. The zero-order valence-electron chi connectivity index (χ0n) is 13.3. The summed E-state index contributed by atoms with van der Waals surface area (Å²) in [7, 11) is 0. The predicted octanol–water partition coefficient (Wildman–Crippen LogP) is 4.30. The van der Waals surface area contributed by atoms with E-state index in [0.29, 0.717) is 58.2 Å². The minimum absolute atomic E-state index is 0.379. The van der Waals surface area contributed by atoms with E-state index in [1.807, 2.05) is 0 Å². The molecule has 0 bridgehead atoms. The molecular weight excluding hydrogens is 318 g/mol. The summed E-state index contributed by atoms with van der Waals surface area (Å²) in [5.74, 6) is 0. The van der Waals surface area contributed by atoms with Crippen molar-refractivity contribution in [2.24, 2.45) is 15.3 Å². The van der Waals surface area contributed by atoms with Crippen molar-refractivity contribution >= 4 is 0 Å². The van der Waals surface area contributed by atoms with Gasteiger partial charge in [0.25, 0.3) is 0 Å². The van der Waals surface area contributed by atoms with Crippen LogP contribution in [0, 0.1) is 0 Å². The lowest BCUT2D eigenvalue weighted by molar-refractivity contribution is -0.386. The van der Waals surface area contributed by atoms with E-state index < -0.39 is 18.9 Å². The van der Waals surface area contributed by atoms with E-state index in [1.54, 1.807) is 0 Å². The number of ether oxygens (including phenoxy) is 3. The van der Waals surface area contributed by atoms with Gasteiger partial charge in [-0.1, -0.05) is 15.3 Å². The summed E-state index contributed by atoms with van der Waals surface area (Å²) in [5, 5.41) is 10.4. The minimum Gasteiger partial charge on any atom is -0.324 e. The molecule has 12 nitrogen and oxygen atoms in total. The fourth-order valence-electron chi connectivity index (χ4n) is 2.13. The Kier molecular flexibility index (Phi) is 11.0. The molecule has 1 aliphatic rings. The van der Waals surface area contributed by atoms with Gasteiger partial charge in [-0.2, -0.15) is 0 Å². The van der Waals surface area contributed by atoms with Crippen LogP contribution in [0.25, 0.3) is 31.3 Å². The van der Waals surface area contributed by atoms with E-state index in [1.165, 1.54) is 0 Å². The van der Waals surface area contributed by atoms with E-state index in [-0.39, 0.29) is 0 Å². The summed E-state index contributed by atoms with van der Waals surface area (Å²) in [5.41, 5.74) is 24.8. The summed E-state index contributed by atoms with van der Waals surface area (Å²) in [6, 6.07) is 0. The number of nitrogens with zero attached hydrogens (tertiary/aromatic N) is 9. The van der Waals surface area contributed by atoms with Crippen molar-refractivity contribution in [1.29, 1.82) is 0 Å². The molecular formula is C12H21N9O3. The minimum atomic E-state index is -0.443. The van der Waals surface area contributed by atoms with Gasteiger partial charge in [-0.15, -0.1) is 0 Å². The molecule has 0 amide bonds. The Labute approximate surface area is 138 Å². The molecule has 0 unspecified atom stereocenters. The van der Waals surface area contributed by atoms with Gasteiger partial charge in [0.15, 0.2) is 18.9 Å².